The van der Waals surface area contributed by atoms with Gasteiger partial charge in [0.25, 0.3) is 0 Å². The SMILES string of the molecule is Cc1ccccc1P(c1ccccc1C)c1ccccc1C1=N[C@@H](C(C)C)CO1.FC(F)(F)c1cc([B-](c2cc(C(F)(F)F)cc(C(F)(F)F)c2)(c2cc(C(F)(F)F)cc(C(F)(F)F)c2)c2cc(C(F)(F)F)cc(C(F)(F)F)c2)cc(C(F)(F)F)c1.[CH]1[CH]CC[CH][CH]CC1.[Ir]. The summed E-state index contributed by atoms with van der Waals surface area (Å²) in [5, 5.41) is 4.10. The van der Waals surface area contributed by atoms with Gasteiger partial charge in [-0.15, -0.1) is 0 Å². The van der Waals surface area contributed by atoms with Crippen molar-refractivity contribution in [2.75, 3.05) is 6.61 Å². The Kier molecular flexibility index (Phi) is 24.2. The van der Waals surface area contributed by atoms with Gasteiger partial charge in [-0.2, -0.15) is 127 Å². The number of ether oxygens (including phenoxy) is 1. The fraction of sp³-hybridized carbons (Fsp3) is 0.288. The van der Waals surface area contributed by atoms with Crippen molar-refractivity contribution in [1.29, 1.82) is 0 Å². The Morgan fingerprint density at radius 3 is 0.842 bits per heavy atom. The van der Waals surface area contributed by atoms with Crippen LogP contribution in [0.2, 0.25) is 0 Å². The molecule has 0 amide bonds. The zero-order valence-corrected chi connectivity index (χ0v) is 52.9. The fourth-order valence-corrected chi connectivity index (χ4v) is 13.4. The number of alkyl halides is 24. The summed E-state index contributed by atoms with van der Waals surface area (Å²) in [5.74, 6) is 1.28. The van der Waals surface area contributed by atoms with Gasteiger partial charge in [0.05, 0.1) is 50.5 Å². The molecule has 29 heteroatoms. The van der Waals surface area contributed by atoms with Gasteiger partial charge in [-0.1, -0.05) is 129 Å². The molecule has 2 aliphatic rings. The normalized spacial score (nSPS) is 15.6. The predicted octanol–water partition coefficient (Wildman–Crippen LogP) is 18.5. The first-order chi connectivity index (χ1) is 43.3. The van der Waals surface area contributed by atoms with E-state index in [9.17, 15) is 105 Å². The van der Waals surface area contributed by atoms with E-state index in [1.54, 1.807) is 0 Å². The molecule has 0 N–H and O–H groups in total. The van der Waals surface area contributed by atoms with Crippen molar-refractivity contribution < 1.29 is 130 Å². The van der Waals surface area contributed by atoms with Crippen LogP contribution in [-0.4, -0.2) is 24.7 Å². The van der Waals surface area contributed by atoms with Gasteiger partial charge in [-0.05, 0) is 136 Å². The number of benzene rings is 7. The molecular formula is C66H52BF24IrNOP-. The van der Waals surface area contributed by atoms with E-state index in [4.69, 9.17) is 9.73 Å². The number of nitrogens with zero attached hydrogens (tertiary/aromatic N) is 1. The van der Waals surface area contributed by atoms with Gasteiger partial charge in [-0.3, -0.25) is 0 Å². The van der Waals surface area contributed by atoms with E-state index < -0.39 is 203 Å². The first kappa shape index (κ1) is 77.5. The molecule has 2 nitrogen and oxygen atoms in total. The molecule has 0 spiro atoms. The summed E-state index contributed by atoms with van der Waals surface area (Å²) < 4.78 is 347. The maximum atomic E-state index is 14.2. The van der Waals surface area contributed by atoms with Gasteiger partial charge in [0.15, 0.2) is 0 Å². The number of aliphatic imine (C=N–C) groups is 1. The predicted molar refractivity (Wildman–Crippen MR) is 311 cm³/mol. The Balaban J connectivity index is 0.000000308. The first-order valence-electron chi connectivity index (χ1n) is 28.2. The van der Waals surface area contributed by atoms with Crippen molar-refractivity contribution >= 4 is 57.7 Å². The molecule has 95 heavy (non-hydrogen) atoms. The molecule has 1 atom stereocenters. The van der Waals surface area contributed by atoms with Crippen molar-refractivity contribution in [2.24, 2.45) is 10.9 Å². The molecule has 9 rings (SSSR count). The largest absolute Gasteiger partial charge is 0.475 e. The first-order valence-corrected chi connectivity index (χ1v) is 29.5. The van der Waals surface area contributed by atoms with Gasteiger partial charge < -0.3 is 4.74 Å². The van der Waals surface area contributed by atoms with Crippen molar-refractivity contribution in [3.63, 3.8) is 0 Å². The molecule has 5 radical (unpaired) electrons. The summed E-state index contributed by atoms with van der Waals surface area (Å²) >= 11 is 0. The van der Waals surface area contributed by atoms with Crippen molar-refractivity contribution in [2.45, 2.75) is 109 Å². The van der Waals surface area contributed by atoms with Gasteiger partial charge in [0.2, 0.25) is 5.90 Å². The van der Waals surface area contributed by atoms with Crippen LogP contribution >= 0.6 is 7.92 Å². The number of hydrogen-bond donors (Lipinski definition) is 0. The Bertz CT molecular complexity index is 3300. The fourth-order valence-electron chi connectivity index (χ4n) is 10.7. The van der Waals surface area contributed by atoms with Crippen molar-refractivity contribution in [1.82, 2.24) is 0 Å². The minimum Gasteiger partial charge on any atom is -0.475 e. The molecule has 1 aliphatic carbocycles. The summed E-state index contributed by atoms with van der Waals surface area (Å²) in [6, 6.07) is 17.6. The van der Waals surface area contributed by atoms with Crippen LogP contribution in [0.5, 0.6) is 0 Å². The van der Waals surface area contributed by atoms with E-state index in [0.717, 1.165) is 11.5 Å². The molecule has 0 aromatic heterocycles. The van der Waals surface area contributed by atoms with E-state index in [1.807, 2.05) is 0 Å². The second-order valence-electron chi connectivity index (χ2n) is 22.3. The number of hydrogen-bond acceptors (Lipinski definition) is 2. The molecule has 0 unspecified atom stereocenters. The van der Waals surface area contributed by atoms with Gasteiger partial charge >= 0.3 is 49.4 Å². The van der Waals surface area contributed by atoms with Crippen LogP contribution in [0.15, 0.2) is 151 Å². The Morgan fingerprint density at radius 2 is 0.611 bits per heavy atom. The molecule has 513 valence electrons. The van der Waals surface area contributed by atoms with Crippen LogP contribution in [0.4, 0.5) is 105 Å². The zero-order valence-electron chi connectivity index (χ0n) is 49.6. The number of rotatable bonds is 9. The van der Waals surface area contributed by atoms with Gasteiger partial charge in [-0.25, -0.2) is 4.99 Å². The van der Waals surface area contributed by atoms with Crippen LogP contribution in [0.1, 0.15) is 101 Å². The molecule has 1 fully saturated rings. The summed E-state index contributed by atoms with van der Waals surface area (Å²) in [7, 11) is -0.715. The Morgan fingerprint density at radius 1 is 0.368 bits per heavy atom. The van der Waals surface area contributed by atoms with E-state index in [2.05, 4.69) is 126 Å². The minimum atomic E-state index is -6.13. The molecule has 1 aliphatic heterocycles. The number of aryl methyl sites for hydroxylation is 2. The Labute approximate surface area is 544 Å². The molecule has 7 aromatic rings. The molecular weight excluding hydrogens is 1510 g/mol. The smallest absolute Gasteiger partial charge is 0.416 e. The third-order valence-electron chi connectivity index (χ3n) is 15.3. The third kappa shape index (κ3) is 19.0. The van der Waals surface area contributed by atoms with Crippen LogP contribution in [0, 0.1) is 45.4 Å². The summed E-state index contributed by atoms with van der Waals surface area (Å²) in [6.45, 7) is 9.52. The summed E-state index contributed by atoms with van der Waals surface area (Å²) in [5.41, 5.74) is -26.4. The molecule has 0 bridgehead atoms. The van der Waals surface area contributed by atoms with Gasteiger partial charge in [0, 0.05) is 25.7 Å². The van der Waals surface area contributed by atoms with Gasteiger partial charge in [0.1, 0.15) is 12.8 Å². The Hall–Kier alpha value is -6.53. The average Bonchev–Trinajstić information content (AvgIpc) is 0.930. The average molecular weight is 1570 g/mol. The standard InChI is InChI=1S/C32H12BF24.C26H28NOP.C8H12.Ir/c34-25(35,36)13-1-14(26(37,38)39)6-21(5-13)33(22-7-15(27(40,41)42)2-16(8-22)28(43,44)45,23-9-17(29(46,47)48)3-18(10-23)30(49,50)51)24-11-19(31(52,53)54)4-20(12-24)32(55,56)57;1-18(2)22-17-28-26(27-22)21-13-7-10-16-25(21)29(23-14-8-5-11-19(23)3)24-15-9-6-12-20(24)4;1-2-4-6-8-7-5-3-1;/h1-12H;5-16,18,22H,17H2,1-4H3;1-2,7-8H,3-6H2;/q-1;;;/t;22-;;/m.1../s1. The summed E-state index contributed by atoms with van der Waals surface area (Å²) in [4.78, 5) is 4.94. The third-order valence-corrected chi connectivity index (χ3v) is 18.1. The van der Waals surface area contributed by atoms with Crippen LogP contribution in [-0.2, 0) is 74.3 Å². The van der Waals surface area contributed by atoms with Crippen LogP contribution in [0.25, 0.3) is 0 Å². The molecule has 0 saturated heterocycles. The molecule has 7 aromatic carbocycles. The molecule has 1 saturated carbocycles. The second kappa shape index (κ2) is 29.7. The van der Waals surface area contributed by atoms with Crippen molar-refractivity contribution in [3.05, 3.63) is 232 Å². The topological polar surface area (TPSA) is 21.6 Å². The van der Waals surface area contributed by atoms with Crippen molar-refractivity contribution in [3.8, 4) is 0 Å². The monoisotopic (exact) mass is 1570 g/mol. The van der Waals surface area contributed by atoms with Crippen LogP contribution in [0.3, 0.4) is 0 Å². The molecule has 1 heterocycles. The minimum absolute atomic E-state index is 0. The van der Waals surface area contributed by atoms with Crippen LogP contribution < -0.4 is 37.8 Å². The maximum Gasteiger partial charge on any atom is 0.416 e. The van der Waals surface area contributed by atoms with E-state index >= 15 is 0 Å². The van der Waals surface area contributed by atoms with E-state index in [1.165, 1.54) is 52.7 Å². The number of halogens is 24. The second-order valence-corrected chi connectivity index (χ2v) is 24.4. The zero-order chi connectivity index (χ0) is 70.0. The maximum absolute atomic E-state index is 14.2. The quantitative estimate of drug-likeness (QED) is 0.0802. The summed E-state index contributed by atoms with van der Waals surface area (Å²) in [6.07, 6.45) is -40.8. The van der Waals surface area contributed by atoms with E-state index in [0.29, 0.717) is 12.5 Å². The van der Waals surface area contributed by atoms with E-state index in [-0.39, 0.29) is 26.1 Å².